The summed E-state index contributed by atoms with van der Waals surface area (Å²) in [6.45, 7) is 1.09. The largest absolute Gasteiger partial charge is 0.493 e. The van der Waals surface area contributed by atoms with E-state index in [4.69, 9.17) is 9.47 Å². The van der Waals surface area contributed by atoms with E-state index in [0.717, 1.165) is 14.7 Å². The first kappa shape index (κ1) is 19.2. The van der Waals surface area contributed by atoms with Gasteiger partial charge in [-0.25, -0.2) is 0 Å². The fourth-order valence-electron chi connectivity index (χ4n) is 2.75. The number of hydrogen-bond acceptors (Lipinski definition) is 4. The molecule has 0 atom stereocenters. The molecule has 2 aromatic carbocycles. The maximum atomic E-state index is 12.7. The minimum atomic E-state index is -0.158. The van der Waals surface area contributed by atoms with Crippen LogP contribution in [-0.4, -0.2) is 29.9 Å². The van der Waals surface area contributed by atoms with Gasteiger partial charge < -0.3 is 14.8 Å². The van der Waals surface area contributed by atoms with Crippen molar-refractivity contribution in [1.82, 2.24) is 15.1 Å². The SMILES string of the molecule is COc1cc(I)c(C(=O)NCc2ccccc2Cn2cccn2)cc1OC. The molecular formula is C20H20IN3O3. The number of aromatic nitrogens is 2. The first-order chi connectivity index (χ1) is 13.1. The topological polar surface area (TPSA) is 65.4 Å². The molecule has 0 saturated heterocycles. The van der Waals surface area contributed by atoms with E-state index in [1.807, 2.05) is 41.2 Å². The molecule has 1 amide bonds. The van der Waals surface area contributed by atoms with E-state index in [9.17, 15) is 4.79 Å². The molecule has 6 nitrogen and oxygen atoms in total. The quantitative estimate of drug-likeness (QED) is 0.530. The van der Waals surface area contributed by atoms with E-state index >= 15 is 0 Å². The summed E-state index contributed by atoms with van der Waals surface area (Å²) < 4.78 is 13.2. The highest BCUT2D eigenvalue weighted by Gasteiger charge is 2.16. The van der Waals surface area contributed by atoms with Crippen molar-refractivity contribution >= 4 is 28.5 Å². The lowest BCUT2D eigenvalue weighted by atomic mass is 10.1. The van der Waals surface area contributed by atoms with Crippen LogP contribution in [0.25, 0.3) is 0 Å². The summed E-state index contributed by atoms with van der Waals surface area (Å²) in [4.78, 5) is 12.7. The Morgan fingerprint density at radius 3 is 2.48 bits per heavy atom. The van der Waals surface area contributed by atoms with Gasteiger partial charge in [0.1, 0.15) is 0 Å². The average molecular weight is 477 g/mol. The van der Waals surface area contributed by atoms with Crippen LogP contribution in [-0.2, 0) is 13.1 Å². The average Bonchev–Trinajstić information content (AvgIpc) is 3.19. The number of nitrogens with zero attached hydrogens (tertiary/aromatic N) is 2. The van der Waals surface area contributed by atoms with Crippen LogP contribution in [0, 0.1) is 3.57 Å². The fraction of sp³-hybridized carbons (Fsp3) is 0.200. The number of carbonyl (C=O) groups is 1. The zero-order chi connectivity index (χ0) is 19.2. The zero-order valence-corrected chi connectivity index (χ0v) is 17.3. The van der Waals surface area contributed by atoms with Crippen LogP contribution in [0.2, 0.25) is 0 Å². The van der Waals surface area contributed by atoms with E-state index in [1.54, 1.807) is 32.5 Å². The Labute approximate surface area is 171 Å². The Hall–Kier alpha value is -2.55. The third-order valence-electron chi connectivity index (χ3n) is 4.17. The van der Waals surface area contributed by atoms with Crippen LogP contribution in [0.3, 0.4) is 0 Å². The first-order valence-corrected chi connectivity index (χ1v) is 9.44. The van der Waals surface area contributed by atoms with Gasteiger partial charge in [0.15, 0.2) is 11.5 Å². The van der Waals surface area contributed by atoms with Gasteiger partial charge in [0, 0.05) is 22.5 Å². The molecule has 140 valence electrons. The molecule has 0 aliphatic rings. The fourth-order valence-corrected chi connectivity index (χ4v) is 3.44. The van der Waals surface area contributed by atoms with E-state index in [1.165, 1.54) is 0 Å². The molecule has 0 saturated carbocycles. The molecule has 3 aromatic rings. The Balaban J connectivity index is 1.75. The number of rotatable bonds is 7. The lowest BCUT2D eigenvalue weighted by molar-refractivity contribution is 0.0949. The molecule has 0 aliphatic heterocycles. The summed E-state index contributed by atoms with van der Waals surface area (Å²) in [6.07, 6.45) is 3.67. The predicted molar refractivity (Wildman–Crippen MR) is 111 cm³/mol. The number of methoxy groups -OCH3 is 2. The van der Waals surface area contributed by atoms with E-state index < -0.39 is 0 Å². The maximum Gasteiger partial charge on any atom is 0.252 e. The molecule has 0 spiro atoms. The number of carbonyl (C=O) groups excluding carboxylic acids is 1. The Bertz CT molecular complexity index is 926. The molecular weight excluding hydrogens is 457 g/mol. The van der Waals surface area contributed by atoms with Crippen molar-refractivity contribution in [3.05, 3.63) is 75.1 Å². The van der Waals surface area contributed by atoms with Crippen LogP contribution < -0.4 is 14.8 Å². The van der Waals surface area contributed by atoms with Crippen molar-refractivity contribution in [1.29, 1.82) is 0 Å². The Kier molecular flexibility index (Phi) is 6.33. The van der Waals surface area contributed by atoms with Crippen molar-refractivity contribution in [3.8, 4) is 11.5 Å². The molecule has 0 unspecified atom stereocenters. The first-order valence-electron chi connectivity index (χ1n) is 8.36. The van der Waals surface area contributed by atoms with Crippen molar-refractivity contribution in [3.63, 3.8) is 0 Å². The van der Waals surface area contributed by atoms with Gasteiger partial charge in [-0.15, -0.1) is 0 Å². The monoisotopic (exact) mass is 477 g/mol. The second kappa shape index (κ2) is 8.90. The summed E-state index contributed by atoms with van der Waals surface area (Å²) in [5, 5.41) is 7.24. The number of ether oxygens (including phenoxy) is 2. The number of hydrogen-bond donors (Lipinski definition) is 1. The minimum absolute atomic E-state index is 0.158. The van der Waals surface area contributed by atoms with Gasteiger partial charge in [0.05, 0.1) is 26.3 Å². The summed E-state index contributed by atoms with van der Waals surface area (Å²) in [6, 6.07) is 13.4. The maximum absolute atomic E-state index is 12.7. The molecule has 0 fully saturated rings. The highest BCUT2D eigenvalue weighted by molar-refractivity contribution is 14.1. The highest BCUT2D eigenvalue weighted by Crippen LogP contribution is 2.31. The second-order valence-corrected chi connectivity index (χ2v) is 7.00. The summed E-state index contributed by atoms with van der Waals surface area (Å²) in [5.41, 5.74) is 2.72. The van der Waals surface area contributed by atoms with Crippen LogP contribution in [0.15, 0.2) is 54.9 Å². The molecule has 1 aromatic heterocycles. The number of nitrogens with one attached hydrogen (secondary N) is 1. The van der Waals surface area contributed by atoms with Gasteiger partial charge in [-0.05, 0) is 51.9 Å². The highest BCUT2D eigenvalue weighted by atomic mass is 127. The van der Waals surface area contributed by atoms with Gasteiger partial charge in [0.25, 0.3) is 5.91 Å². The molecule has 3 rings (SSSR count). The number of benzene rings is 2. The van der Waals surface area contributed by atoms with E-state index in [2.05, 4.69) is 33.0 Å². The molecule has 1 N–H and O–H groups in total. The molecule has 0 aliphatic carbocycles. The molecule has 0 bridgehead atoms. The molecule has 27 heavy (non-hydrogen) atoms. The smallest absolute Gasteiger partial charge is 0.252 e. The van der Waals surface area contributed by atoms with Crippen molar-refractivity contribution < 1.29 is 14.3 Å². The number of amides is 1. The van der Waals surface area contributed by atoms with Crippen LogP contribution in [0.5, 0.6) is 11.5 Å². The Morgan fingerprint density at radius 2 is 1.81 bits per heavy atom. The van der Waals surface area contributed by atoms with Crippen molar-refractivity contribution in [2.45, 2.75) is 13.1 Å². The van der Waals surface area contributed by atoms with E-state index in [-0.39, 0.29) is 5.91 Å². The van der Waals surface area contributed by atoms with Crippen molar-refractivity contribution in [2.24, 2.45) is 0 Å². The summed E-state index contributed by atoms with van der Waals surface area (Å²) in [5.74, 6) is 0.972. The third-order valence-corrected chi connectivity index (χ3v) is 5.06. The van der Waals surface area contributed by atoms with Gasteiger partial charge >= 0.3 is 0 Å². The lowest BCUT2D eigenvalue weighted by Crippen LogP contribution is -2.24. The van der Waals surface area contributed by atoms with Gasteiger partial charge in [0.2, 0.25) is 0 Å². The molecule has 1 heterocycles. The normalized spacial score (nSPS) is 10.5. The van der Waals surface area contributed by atoms with Crippen LogP contribution in [0.4, 0.5) is 0 Å². The minimum Gasteiger partial charge on any atom is -0.493 e. The molecule has 0 radical (unpaired) electrons. The number of halogens is 1. The standard InChI is InChI=1S/C20H20IN3O3/c1-26-18-10-16(17(21)11-19(18)27-2)20(25)22-12-14-6-3-4-7-15(14)13-24-9-5-8-23-24/h3-11H,12-13H2,1-2H3,(H,22,25). The Morgan fingerprint density at radius 1 is 1.11 bits per heavy atom. The van der Waals surface area contributed by atoms with Gasteiger partial charge in [-0.2, -0.15) is 5.10 Å². The third kappa shape index (κ3) is 4.60. The van der Waals surface area contributed by atoms with Gasteiger partial charge in [-0.1, -0.05) is 24.3 Å². The van der Waals surface area contributed by atoms with Crippen molar-refractivity contribution in [2.75, 3.05) is 14.2 Å². The van der Waals surface area contributed by atoms with Gasteiger partial charge in [-0.3, -0.25) is 9.48 Å². The molecule has 7 heteroatoms. The van der Waals surface area contributed by atoms with E-state index in [0.29, 0.717) is 30.2 Å². The second-order valence-electron chi connectivity index (χ2n) is 5.84. The van der Waals surface area contributed by atoms with Crippen LogP contribution >= 0.6 is 22.6 Å². The summed E-state index contributed by atoms with van der Waals surface area (Å²) in [7, 11) is 3.13. The zero-order valence-electron chi connectivity index (χ0n) is 15.1. The lowest BCUT2D eigenvalue weighted by Gasteiger charge is -2.13. The van der Waals surface area contributed by atoms with Crippen LogP contribution in [0.1, 0.15) is 21.5 Å². The summed E-state index contributed by atoms with van der Waals surface area (Å²) >= 11 is 2.13. The predicted octanol–water partition coefficient (Wildman–Crippen LogP) is 3.48.